The van der Waals surface area contributed by atoms with Gasteiger partial charge >= 0.3 is 0 Å². The van der Waals surface area contributed by atoms with Gasteiger partial charge in [0.1, 0.15) is 17.0 Å². The van der Waals surface area contributed by atoms with Crippen molar-refractivity contribution in [2.24, 2.45) is 0 Å². The van der Waals surface area contributed by atoms with E-state index < -0.39 is 0 Å². The fourth-order valence-corrected chi connectivity index (χ4v) is 4.82. The van der Waals surface area contributed by atoms with Crippen LogP contribution in [0.4, 0.5) is 5.82 Å². The maximum absolute atomic E-state index is 12.5. The lowest BCUT2D eigenvalue weighted by molar-refractivity contribution is 0.0954. The number of hydrogen-bond donors (Lipinski definition) is 2. The van der Waals surface area contributed by atoms with Crippen molar-refractivity contribution in [1.82, 2.24) is 15.3 Å². The van der Waals surface area contributed by atoms with E-state index in [0.29, 0.717) is 6.04 Å². The molecule has 1 unspecified atom stereocenters. The van der Waals surface area contributed by atoms with Gasteiger partial charge in [0.05, 0.1) is 16.3 Å². The van der Waals surface area contributed by atoms with E-state index in [2.05, 4.69) is 45.0 Å². The number of nitrogens with zero attached hydrogens (tertiary/aromatic N) is 2. The summed E-state index contributed by atoms with van der Waals surface area (Å²) in [5, 5.41) is 9.68. The van der Waals surface area contributed by atoms with Crippen LogP contribution in [-0.2, 0) is 0 Å². The van der Waals surface area contributed by atoms with E-state index in [4.69, 9.17) is 0 Å². The van der Waals surface area contributed by atoms with Crippen LogP contribution in [0.2, 0.25) is 0 Å². The van der Waals surface area contributed by atoms with Crippen molar-refractivity contribution in [2.75, 3.05) is 5.32 Å². The van der Waals surface area contributed by atoms with Gasteiger partial charge in [0.15, 0.2) is 0 Å². The van der Waals surface area contributed by atoms with Gasteiger partial charge in [-0.25, -0.2) is 9.97 Å². The van der Waals surface area contributed by atoms with Crippen LogP contribution in [0.15, 0.2) is 23.8 Å². The van der Waals surface area contributed by atoms with Gasteiger partial charge < -0.3 is 10.6 Å². The summed E-state index contributed by atoms with van der Waals surface area (Å²) in [7, 11) is 0. The first-order chi connectivity index (χ1) is 12.2. The average Bonchev–Trinajstić information content (AvgIpc) is 3.13. The molecule has 5 nitrogen and oxygen atoms in total. The molecule has 25 heavy (non-hydrogen) atoms. The van der Waals surface area contributed by atoms with Gasteiger partial charge in [-0.15, -0.1) is 22.7 Å². The summed E-state index contributed by atoms with van der Waals surface area (Å²) >= 11 is 3.19. The Morgan fingerprint density at radius 2 is 2.24 bits per heavy atom. The van der Waals surface area contributed by atoms with Crippen LogP contribution in [0, 0.1) is 6.92 Å². The largest absolute Gasteiger partial charge is 0.362 e. The third-order valence-corrected chi connectivity index (χ3v) is 6.64. The number of anilines is 1. The van der Waals surface area contributed by atoms with Gasteiger partial charge in [0.25, 0.3) is 5.91 Å². The maximum Gasteiger partial charge on any atom is 0.261 e. The van der Waals surface area contributed by atoms with Crippen LogP contribution in [0.3, 0.4) is 0 Å². The number of thiophene rings is 2. The van der Waals surface area contributed by atoms with Crippen molar-refractivity contribution >= 4 is 44.6 Å². The van der Waals surface area contributed by atoms with Gasteiger partial charge in [-0.3, -0.25) is 4.79 Å². The third-order valence-electron chi connectivity index (χ3n) is 4.45. The molecule has 1 amide bonds. The Kier molecular flexibility index (Phi) is 4.43. The molecule has 3 aromatic rings. The van der Waals surface area contributed by atoms with E-state index in [1.54, 1.807) is 17.7 Å². The van der Waals surface area contributed by atoms with Crippen molar-refractivity contribution < 1.29 is 4.79 Å². The Bertz CT molecular complexity index is 899. The molecule has 1 atom stereocenters. The van der Waals surface area contributed by atoms with E-state index in [9.17, 15) is 4.79 Å². The highest BCUT2D eigenvalue weighted by Gasteiger charge is 2.27. The van der Waals surface area contributed by atoms with E-state index in [1.165, 1.54) is 16.2 Å². The molecule has 0 aromatic carbocycles. The minimum atomic E-state index is 0.0132. The predicted molar refractivity (Wildman–Crippen MR) is 104 cm³/mol. The Morgan fingerprint density at radius 1 is 1.40 bits per heavy atom. The number of carbonyl (C=O) groups is 1. The van der Waals surface area contributed by atoms with Crippen LogP contribution >= 0.6 is 22.7 Å². The molecule has 1 aliphatic rings. The summed E-state index contributed by atoms with van der Waals surface area (Å²) in [6.45, 7) is 4.14. The SMILES string of the molecule is CCC(Nc1ncnc2sc(C(=O)NC3CC3)c(C)c12)c1cccs1. The number of carbonyl (C=O) groups excluding carboxylic acids is 1. The zero-order valence-electron chi connectivity index (χ0n) is 14.2. The molecule has 130 valence electrons. The van der Waals surface area contributed by atoms with Crippen LogP contribution in [-0.4, -0.2) is 21.9 Å². The molecule has 1 fully saturated rings. The lowest BCUT2D eigenvalue weighted by Gasteiger charge is -2.16. The van der Waals surface area contributed by atoms with E-state index in [-0.39, 0.29) is 11.9 Å². The fourth-order valence-electron chi connectivity index (χ4n) is 2.91. The lowest BCUT2D eigenvalue weighted by Crippen LogP contribution is -2.25. The first kappa shape index (κ1) is 16.5. The highest BCUT2D eigenvalue weighted by atomic mass is 32.1. The van der Waals surface area contributed by atoms with Crippen LogP contribution in [0.1, 0.15) is 52.3 Å². The van der Waals surface area contributed by atoms with Crippen molar-refractivity contribution in [1.29, 1.82) is 0 Å². The molecule has 0 saturated heterocycles. The standard InChI is InChI=1S/C18H20N4OS2/c1-3-12(13-5-4-8-24-13)22-16-14-10(2)15(17(23)21-11-6-7-11)25-18(14)20-9-19-16/h4-5,8-9,11-12H,3,6-7H2,1-2H3,(H,21,23)(H,19,20,22). The van der Waals surface area contributed by atoms with Gasteiger partial charge in [0, 0.05) is 10.9 Å². The van der Waals surface area contributed by atoms with Crippen LogP contribution < -0.4 is 10.6 Å². The number of aryl methyl sites for hydroxylation is 1. The van der Waals surface area contributed by atoms with Gasteiger partial charge in [-0.05, 0) is 43.2 Å². The Balaban J connectivity index is 1.69. The summed E-state index contributed by atoms with van der Waals surface area (Å²) in [6, 6.07) is 4.76. The van der Waals surface area contributed by atoms with Gasteiger partial charge in [-0.2, -0.15) is 0 Å². The number of nitrogens with one attached hydrogen (secondary N) is 2. The van der Waals surface area contributed by atoms with Crippen molar-refractivity contribution in [2.45, 2.75) is 45.2 Å². The van der Waals surface area contributed by atoms with Gasteiger partial charge in [0.2, 0.25) is 0 Å². The quantitative estimate of drug-likeness (QED) is 0.668. The number of rotatable bonds is 6. The molecule has 1 saturated carbocycles. The fraction of sp³-hybridized carbons (Fsp3) is 0.389. The molecule has 0 radical (unpaired) electrons. The summed E-state index contributed by atoms with van der Waals surface area (Å²) < 4.78 is 0. The molecule has 1 aliphatic carbocycles. The van der Waals surface area contributed by atoms with E-state index in [1.807, 2.05) is 6.92 Å². The molecule has 0 bridgehead atoms. The van der Waals surface area contributed by atoms with Crippen molar-refractivity contribution in [3.8, 4) is 0 Å². The highest BCUT2D eigenvalue weighted by molar-refractivity contribution is 7.20. The van der Waals surface area contributed by atoms with Crippen molar-refractivity contribution in [3.63, 3.8) is 0 Å². The molecule has 3 aromatic heterocycles. The summed E-state index contributed by atoms with van der Waals surface area (Å²) in [5.41, 5.74) is 0.960. The van der Waals surface area contributed by atoms with E-state index >= 15 is 0 Å². The van der Waals surface area contributed by atoms with Gasteiger partial charge in [-0.1, -0.05) is 13.0 Å². The monoisotopic (exact) mass is 372 g/mol. The van der Waals surface area contributed by atoms with Crippen molar-refractivity contribution in [3.05, 3.63) is 39.2 Å². The van der Waals surface area contributed by atoms with E-state index in [0.717, 1.165) is 45.7 Å². The molecule has 7 heteroatoms. The second-order valence-electron chi connectivity index (χ2n) is 6.33. The first-order valence-electron chi connectivity index (χ1n) is 8.52. The number of fused-ring (bicyclic) bond motifs is 1. The average molecular weight is 373 g/mol. The molecule has 3 heterocycles. The normalized spacial score (nSPS) is 15.3. The lowest BCUT2D eigenvalue weighted by atomic mass is 10.1. The Morgan fingerprint density at radius 3 is 2.92 bits per heavy atom. The zero-order valence-corrected chi connectivity index (χ0v) is 15.8. The number of amides is 1. The maximum atomic E-state index is 12.5. The third kappa shape index (κ3) is 3.26. The second kappa shape index (κ2) is 6.72. The van der Waals surface area contributed by atoms with Crippen LogP contribution in [0.25, 0.3) is 10.2 Å². The number of hydrogen-bond acceptors (Lipinski definition) is 6. The molecule has 0 spiro atoms. The summed E-state index contributed by atoms with van der Waals surface area (Å²) in [4.78, 5) is 24.2. The molecular formula is C18H20N4OS2. The molecular weight excluding hydrogens is 352 g/mol. The molecule has 0 aliphatic heterocycles. The highest BCUT2D eigenvalue weighted by Crippen LogP contribution is 2.36. The van der Waals surface area contributed by atoms with Crippen LogP contribution in [0.5, 0.6) is 0 Å². The predicted octanol–water partition coefficient (Wildman–Crippen LogP) is 4.52. The molecule has 4 rings (SSSR count). The zero-order chi connectivity index (χ0) is 17.4. The topological polar surface area (TPSA) is 66.9 Å². The summed E-state index contributed by atoms with van der Waals surface area (Å²) in [5.74, 6) is 0.823. The summed E-state index contributed by atoms with van der Waals surface area (Å²) in [6.07, 6.45) is 4.71. The molecule has 2 N–H and O–H groups in total. The second-order valence-corrected chi connectivity index (χ2v) is 8.31. The Labute approximate surface area is 154 Å². The first-order valence-corrected chi connectivity index (χ1v) is 10.2. The smallest absolute Gasteiger partial charge is 0.261 e. The Hall–Kier alpha value is -1.99. The minimum absolute atomic E-state index is 0.0132. The number of aromatic nitrogens is 2. The minimum Gasteiger partial charge on any atom is -0.362 e.